The second kappa shape index (κ2) is 17.0. The minimum atomic E-state index is -1.18. The molecule has 2 aliphatic rings. The number of hydrogen-bond donors (Lipinski definition) is 0. The van der Waals surface area contributed by atoms with Crippen molar-refractivity contribution in [3.8, 4) is 34.5 Å². The zero-order valence-corrected chi connectivity index (χ0v) is 29.5. The first-order valence-corrected chi connectivity index (χ1v) is 17.0. The number of rotatable bonds is 10. The molecule has 0 spiro atoms. The van der Waals surface area contributed by atoms with Crippen molar-refractivity contribution in [3.63, 3.8) is 0 Å². The van der Waals surface area contributed by atoms with Crippen LogP contribution in [-0.4, -0.2) is 25.2 Å². The molecule has 0 amide bonds. The summed E-state index contributed by atoms with van der Waals surface area (Å²) in [5.74, 6) is 1.86. The minimum absolute atomic E-state index is 0. The van der Waals surface area contributed by atoms with Crippen molar-refractivity contribution in [2.24, 2.45) is 0 Å². The Morgan fingerprint density at radius 2 is 0.868 bits per heavy atom. The van der Waals surface area contributed by atoms with E-state index in [2.05, 4.69) is 0 Å². The Hall–Kier alpha value is -6.05. The van der Waals surface area contributed by atoms with Crippen molar-refractivity contribution in [3.05, 3.63) is 178 Å². The number of aromatic carboxylic acids is 2. The van der Waals surface area contributed by atoms with Crippen LogP contribution in [0.3, 0.4) is 0 Å². The van der Waals surface area contributed by atoms with E-state index >= 15 is 0 Å². The fourth-order valence-electron chi connectivity index (χ4n) is 6.53. The van der Waals surface area contributed by atoms with Gasteiger partial charge in [-0.3, -0.25) is 0 Å². The third-order valence-electron chi connectivity index (χ3n) is 9.01. The van der Waals surface area contributed by atoms with Crippen LogP contribution in [0.4, 0.5) is 0 Å². The van der Waals surface area contributed by atoms with E-state index in [1.165, 1.54) is 0 Å². The molecule has 0 saturated heterocycles. The number of carbonyl (C=O) groups excluding carboxylic acids is 2. The molecule has 53 heavy (non-hydrogen) atoms. The molecule has 0 fully saturated rings. The fraction of sp³-hybridized carbons (Fsp3) is 0.136. The van der Waals surface area contributed by atoms with Gasteiger partial charge in [0.25, 0.3) is 0 Å². The number of para-hydroxylation sites is 4. The summed E-state index contributed by atoms with van der Waals surface area (Å²) in [7, 11) is 0. The van der Waals surface area contributed by atoms with Crippen LogP contribution in [-0.2, 0) is 42.2 Å². The van der Waals surface area contributed by atoms with E-state index < -0.39 is 11.9 Å². The smallest absolute Gasteiger partial charge is 0.545 e. The number of carboxylic acid groups (broad SMARTS) is 2. The summed E-state index contributed by atoms with van der Waals surface area (Å²) in [6.07, 6.45) is 1.99. The molecule has 6 aromatic rings. The topological polar surface area (TPSA) is 117 Å². The van der Waals surface area contributed by atoms with Gasteiger partial charge in [0.2, 0.25) is 0 Å². The van der Waals surface area contributed by atoms with E-state index in [9.17, 15) is 19.8 Å². The molecule has 0 N–H and O–H groups in total. The molecular formula is C44H34NiO8. The van der Waals surface area contributed by atoms with E-state index in [0.29, 0.717) is 72.6 Å². The van der Waals surface area contributed by atoms with Crippen molar-refractivity contribution in [2.75, 3.05) is 13.2 Å². The maximum absolute atomic E-state index is 11.8. The molecule has 8 rings (SSSR count). The van der Waals surface area contributed by atoms with Crippen molar-refractivity contribution in [1.29, 1.82) is 0 Å². The van der Waals surface area contributed by atoms with Crippen LogP contribution in [0.25, 0.3) is 0 Å². The number of carbonyl (C=O) groups is 2. The largest absolute Gasteiger partial charge is 2.00 e. The Morgan fingerprint density at radius 3 is 1.26 bits per heavy atom. The Bertz CT molecular complexity index is 2060. The third kappa shape index (κ3) is 8.54. The van der Waals surface area contributed by atoms with Gasteiger partial charge < -0.3 is 38.7 Å². The normalized spacial score (nSPS) is 11.6. The van der Waals surface area contributed by atoms with Gasteiger partial charge in [0.05, 0.1) is 25.2 Å². The van der Waals surface area contributed by atoms with Gasteiger partial charge in [-0.1, -0.05) is 84.9 Å². The molecule has 2 heterocycles. The average molecular weight is 749 g/mol. The monoisotopic (exact) mass is 748 g/mol. The van der Waals surface area contributed by atoms with Crippen molar-refractivity contribution in [1.82, 2.24) is 0 Å². The van der Waals surface area contributed by atoms with Crippen LogP contribution >= 0.6 is 0 Å². The van der Waals surface area contributed by atoms with Crippen LogP contribution in [0.1, 0.15) is 54.1 Å². The van der Waals surface area contributed by atoms with Crippen molar-refractivity contribution >= 4 is 11.9 Å². The quantitative estimate of drug-likeness (QED) is 0.141. The summed E-state index contributed by atoms with van der Waals surface area (Å²) < 4.78 is 23.2. The molecule has 0 aliphatic carbocycles. The second-order valence-corrected chi connectivity index (χ2v) is 12.3. The van der Waals surface area contributed by atoms with Gasteiger partial charge in [0.15, 0.2) is 0 Å². The molecule has 8 nitrogen and oxygen atoms in total. The number of carboxylic acids is 2. The first-order chi connectivity index (χ1) is 25.4. The number of hydrogen-bond acceptors (Lipinski definition) is 8. The molecule has 0 bridgehead atoms. The molecule has 9 heteroatoms. The summed E-state index contributed by atoms with van der Waals surface area (Å²) >= 11 is 0. The Labute approximate surface area is 317 Å². The zero-order valence-electron chi connectivity index (χ0n) is 28.5. The van der Waals surface area contributed by atoms with Crippen LogP contribution in [0, 0.1) is 0 Å². The molecule has 268 valence electrons. The van der Waals surface area contributed by atoms with Crippen molar-refractivity contribution < 1.29 is 55.2 Å². The number of benzene rings is 6. The van der Waals surface area contributed by atoms with Gasteiger partial charge in [-0.15, -0.1) is 0 Å². The number of fused-ring (bicyclic) bond motifs is 4. The summed E-state index contributed by atoms with van der Waals surface area (Å²) in [6, 6.07) is 41.5. The van der Waals surface area contributed by atoms with Crippen molar-refractivity contribution in [2.45, 2.75) is 25.7 Å². The van der Waals surface area contributed by atoms with Gasteiger partial charge >= 0.3 is 16.5 Å². The second-order valence-electron chi connectivity index (χ2n) is 12.3. The van der Waals surface area contributed by atoms with Crippen LogP contribution in [0.2, 0.25) is 0 Å². The summed E-state index contributed by atoms with van der Waals surface area (Å²) in [6.45, 7) is 0.779. The number of ether oxygens (including phenoxy) is 4. The molecule has 0 unspecified atom stereocenters. The van der Waals surface area contributed by atoms with E-state index in [0.717, 1.165) is 34.1 Å². The Balaban J connectivity index is 0.000000178. The van der Waals surface area contributed by atoms with Gasteiger partial charge in [-0.25, -0.2) is 0 Å². The maximum atomic E-state index is 11.8. The fourth-order valence-corrected chi connectivity index (χ4v) is 6.53. The molecule has 2 aliphatic heterocycles. The first-order valence-electron chi connectivity index (χ1n) is 17.0. The molecule has 0 saturated carbocycles. The van der Waals surface area contributed by atoms with E-state index in [1.807, 2.05) is 121 Å². The molecule has 0 radical (unpaired) electrons. The van der Waals surface area contributed by atoms with Gasteiger partial charge in [-0.2, -0.15) is 0 Å². The van der Waals surface area contributed by atoms with Gasteiger partial charge in [0.1, 0.15) is 34.5 Å². The van der Waals surface area contributed by atoms with Crippen LogP contribution in [0.15, 0.2) is 133 Å². The van der Waals surface area contributed by atoms with E-state index in [4.69, 9.17) is 18.9 Å². The first kappa shape index (κ1) is 36.7. The van der Waals surface area contributed by atoms with Crippen LogP contribution < -0.4 is 29.2 Å². The predicted molar refractivity (Wildman–Crippen MR) is 191 cm³/mol. The summed E-state index contributed by atoms with van der Waals surface area (Å²) in [5, 5.41) is 23.7. The Kier molecular flexibility index (Phi) is 11.8. The minimum Gasteiger partial charge on any atom is -0.545 e. The van der Waals surface area contributed by atoms with Crippen LogP contribution in [0.5, 0.6) is 34.5 Å². The molecule has 0 atom stereocenters. The predicted octanol–water partition coefficient (Wildman–Crippen LogP) is 6.73. The molecule has 0 aromatic heterocycles. The third-order valence-corrected chi connectivity index (χ3v) is 9.01. The van der Waals surface area contributed by atoms with Gasteiger partial charge in [-0.05, 0) is 70.8 Å². The van der Waals surface area contributed by atoms with Gasteiger partial charge in [0, 0.05) is 47.9 Å². The van der Waals surface area contributed by atoms with E-state index in [1.54, 1.807) is 12.1 Å². The zero-order chi connectivity index (χ0) is 35.9. The van der Waals surface area contributed by atoms with E-state index in [-0.39, 0.29) is 27.6 Å². The SMILES string of the molecule is O=C([O-])c1c(CCOc2ccccc2)ccc2c1Cc1ccccc1O2.O=C([O-])c1c(CCOc2ccccc2)ccc2c1Cc1ccccc1O2.[Ni+2]. The standard InChI is InChI=1S/2C22H18O4.Ni/c2*23-22(24)21-15(12-13-25-17-7-2-1-3-8-17)10-11-20-18(21)14-16-6-4-5-9-19(16)26-20;/h2*1-11H,12-14H2,(H,23,24);/q;;+2/p-2. The summed E-state index contributed by atoms with van der Waals surface area (Å²) in [5.41, 5.74) is 5.11. The average Bonchev–Trinajstić information content (AvgIpc) is 3.17. The Morgan fingerprint density at radius 1 is 0.491 bits per heavy atom. The molecule has 6 aromatic carbocycles. The molecular weight excluding hydrogens is 715 g/mol. The summed E-state index contributed by atoms with van der Waals surface area (Å²) in [4.78, 5) is 23.7. The maximum Gasteiger partial charge on any atom is 2.00 e.